The second-order valence-corrected chi connectivity index (χ2v) is 3.21. The summed E-state index contributed by atoms with van der Waals surface area (Å²) < 4.78 is 10.7. The van der Waals surface area contributed by atoms with E-state index in [1.807, 2.05) is 32.1 Å². The minimum absolute atomic E-state index is 0.217. The molecule has 0 saturated carbocycles. The molecular formula is C14H24O2. The van der Waals surface area contributed by atoms with E-state index in [0.29, 0.717) is 13.2 Å². The summed E-state index contributed by atoms with van der Waals surface area (Å²) in [7, 11) is 0. The van der Waals surface area contributed by atoms with Crippen molar-refractivity contribution in [3.8, 4) is 0 Å². The van der Waals surface area contributed by atoms with E-state index in [4.69, 9.17) is 9.47 Å². The Kier molecular flexibility index (Phi) is 11.6. The Balaban J connectivity index is 3.80. The smallest absolute Gasteiger partial charge is 0.177 e. The van der Waals surface area contributed by atoms with Gasteiger partial charge in [0, 0.05) is 13.2 Å². The van der Waals surface area contributed by atoms with Gasteiger partial charge in [-0.2, -0.15) is 0 Å². The molecule has 0 aromatic heterocycles. The molecule has 0 fully saturated rings. The Morgan fingerprint density at radius 3 is 2.12 bits per heavy atom. The Morgan fingerprint density at radius 1 is 0.875 bits per heavy atom. The molecule has 16 heavy (non-hydrogen) atoms. The fourth-order valence-electron chi connectivity index (χ4n) is 1.14. The van der Waals surface area contributed by atoms with Crippen LogP contribution in [0.4, 0.5) is 0 Å². The van der Waals surface area contributed by atoms with E-state index in [9.17, 15) is 0 Å². The van der Waals surface area contributed by atoms with Gasteiger partial charge in [-0.25, -0.2) is 0 Å². The summed E-state index contributed by atoms with van der Waals surface area (Å²) in [5.41, 5.74) is 0. The van der Waals surface area contributed by atoms with Crippen LogP contribution in [0.5, 0.6) is 0 Å². The fourth-order valence-corrected chi connectivity index (χ4v) is 1.14. The predicted octanol–water partition coefficient (Wildman–Crippen LogP) is 3.85. The SMILES string of the molecule is CC/C=C\C/C=C\C=C\C(OCC)OCC. The topological polar surface area (TPSA) is 18.5 Å². The highest BCUT2D eigenvalue weighted by molar-refractivity contribution is 5.05. The molecule has 0 bridgehead atoms. The van der Waals surface area contributed by atoms with E-state index < -0.39 is 0 Å². The second kappa shape index (κ2) is 12.2. The largest absolute Gasteiger partial charge is 0.349 e. The molecule has 0 aromatic carbocycles. The van der Waals surface area contributed by atoms with Gasteiger partial charge in [-0.15, -0.1) is 0 Å². The van der Waals surface area contributed by atoms with Crippen LogP contribution in [0.2, 0.25) is 0 Å². The highest BCUT2D eigenvalue weighted by Gasteiger charge is 1.99. The molecular weight excluding hydrogens is 200 g/mol. The number of ether oxygens (including phenoxy) is 2. The molecule has 0 aliphatic heterocycles. The Bertz CT molecular complexity index is 211. The van der Waals surface area contributed by atoms with Crippen molar-refractivity contribution >= 4 is 0 Å². The van der Waals surface area contributed by atoms with Crippen LogP contribution >= 0.6 is 0 Å². The number of hydrogen-bond donors (Lipinski definition) is 0. The van der Waals surface area contributed by atoms with Crippen molar-refractivity contribution in [2.75, 3.05) is 13.2 Å². The van der Waals surface area contributed by atoms with Gasteiger partial charge in [-0.3, -0.25) is 0 Å². The van der Waals surface area contributed by atoms with Crippen LogP contribution in [-0.2, 0) is 9.47 Å². The van der Waals surface area contributed by atoms with Crippen LogP contribution in [0.25, 0.3) is 0 Å². The van der Waals surface area contributed by atoms with E-state index in [1.165, 1.54) is 0 Å². The lowest BCUT2D eigenvalue weighted by molar-refractivity contribution is -0.103. The normalized spacial score (nSPS) is 12.8. The van der Waals surface area contributed by atoms with Gasteiger partial charge < -0.3 is 9.47 Å². The van der Waals surface area contributed by atoms with Gasteiger partial charge in [0.1, 0.15) is 0 Å². The van der Waals surface area contributed by atoms with Gasteiger partial charge >= 0.3 is 0 Å². The molecule has 0 rings (SSSR count). The van der Waals surface area contributed by atoms with Gasteiger partial charge in [-0.05, 0) is 32.8 Å². The second-order valence-electron chi connectivity index (χ2n) is 3.21. The van der Waals surface area contributed by atoms with E-state index in [1.54, 1.807) is 0 Å². The summed E-state index contributed by atoms with van der Waals surface area (Å²) in [6.07, 6.45) is 14.2. The lowest BCUT2D eigenvalue weighted by Crippen LogP contribution is -2.13. The van der Waals surface area contributed by atoms with Crippen molar-refractivity contribution in [1.82, 2.24) is 0 Å². The van der Waals surface area contributed by atoms with Gasteiger partial charge in [0.25, 0.3) is 0 Å². The maximum absolute atomic E-state index is 5.37. The maximum atomic E-state index is 5.37. The van der Waals surface area contributed by atoms with E-state index in [0.717, 1.165) is 12.8 Å². The zero-order valence-electron chi connectivity index (χ0n) is 10.7. The molecule has 0 N–H and O–H groups in total. The molecule has 0 saturated heterocycles. The lowest BCUT2D eigenvalue weighted by Gasteiger charge is -2.11. The first kappa shape index (κ1) is 15.1. The monoisotopic (exact) mass is 224 g/mol. The van der Waals surface area contributed by atoms with Crippen molar-refractivity contribution in [2.45, 2.75) is 39.9 Å². The summed E-state index contributed by atoms with van der Waals surface area (Å²) in [5, 5.41) is 0. The zero-order chi connectivity index (χ0) is 12.1. The van der Waals surface area contributed by atoms with Crippen molar-refractivity contribution < 1.29 is 9.47 Å². The van der Waals surface area contributed by atoms with Gasteiger partial charge in [0.15, 0.2) is 6.29 Å². The molecule has 2 nitrogen and oxygen atoms in total. The first-order valence-electron chi connectivity index (χ1n) is 6.06. The molecule has 0 spiro atoms. The standard InChI is InChI=1S/C14H24O2/c1-4-7-8-9-10-11-12-13-14(15-5-2)16-6-3/h7-8,10-14H,4-6,9H2,1-3H3/b8-7-,11-10-,13-12+. The van der Waals surface area contributed by atoms with Crippen molar-refractivity contribution in [2.24, 2.45) is 0 Å². The molecule has 0 amide bonds. The molecule has 0 unspecified atom stereocenters. The first-order chi connectivity index (χ1) is 7.85. The highest BCUT2D eigenvalue weighted by Crippen LogP contribution is 1.98. The molecule has 92 valence electrons. The molecule has 0 aliphatic carbocycles. The Labute approximate surface area is 99.6 Å². The van der Waals surface area contributed by atoms with Gasteiger partial charge in [-0.1, -0.05) is 37.3 Å². The highest BCUT2D eigenvalue weighted by atomic mass is 16.7. The van der Waals surface area contributed by atoms with E-state index in [2.05, 4.69) is 25.2 Å². The van der Waals surface area contributed by atoms with Crippen LogP contribution < -0.4 is 0 Å². The molecule has 0 aromatic rings. The summed E-state index contributed by atoms with van der Waals surface area (Å²) >= 11 is 0. The third-order valence-corrected chi connectivity index (χ3v) is 1.85. The van der Waals surface area contributed by atoms with Crippen LogP contribution in [0, 0.1) is 0 Å². The van der Waals surface area contributed by atoms with E-state index >= 15 is 0 Å². The van der Waals surface area contributed by atoms with Gasteiger partial charge in [0.2, 0.25) is 0 Å². The zero-order valence-corrected chi connectivity index (χ0v) is 10.7. The minimum atomic E-state index is -0.217. The molecule has 0 heterocycles. The third-order valence-electron chi connectivity index (χ3n) is 1.85. The Morgan fingerprint density at radius 2 is 1.56 bits per heavy atom. The summed E-state index contributed by atoms with van der Waals surface area (Å²) in [4.78, 5) is 0. The summed E-state index contributed by atoms with van der Waals surface area (Å²) in [5.74, 6) is 0. The average Bonchev–Trinajstić information content (AvgIpc) is 2.28. The van der Waals surface area contributed by atoms with Crippen molar-refractivity contribution in [3.63, 3.8) is 0 Å². The van der Waals surface area contributed by atoms with Crippen LogP contribution in [0.1, 0.15) is 33.6 Å². The lowest BCUT2D eigenvalue weighted by atomic mass is 10.3. The molecule has 2 heteroatoms. The van der Waals surface area contributed by atoms with E-state index in [-0.39, 0.29) is 6.29 Å². The van der Waals surface area contributed by atoms with Crippen LogP contribution in [0.15, 0.2) is 36.5 Å². The summed E-state index contributed by atoms with van der Waals surface area (Å²) in [6.45, 7) is 7.39. The third kappa shape index (κ3) is 9.69. The van der Waals surface area contributed by atoms with Crippen molar-refractivity contribution in [3.05, 3.63) is 36.5 Å². The Hall–Kier alpha value is -0.860. The quantitative estimate of drug-likeness (QED) is 0.336. The minimum Gasteiger partial charge on any atom is -0.349 e. The van der Waals surface area contributed by atoms with Crippen molar-refractivity contribution in [1.29, 1.82) is 0 Å². The summed E-state index contributed by atoms with van der Waals surface area (Å²) in [6, 6.07) is 0. The predicted molar refractivity (Wildman–Crippen MR) is 69.4 cm³/mol. The van der Waals surface area contributed by atoms with Crippen LogP contribution in [-0.4, -0.2) is 19.5 Å². The number of allylic oxidation sites excluding steroid dienone is 5. The first-order valence-corrected chi connectivity index (χ1v) is 6.06. The fraction of sp³-hybridized carbons (Fsp3) is 0.571. The molecule has 0 aliphatic rings. The number of rotatable bonds is 9. The van der Waals surface area contributed by atoms with Gasteiger partial charge in [0.05, 0.1) is 0 Å². The number of hydrogen-bond acceptors (Lipinski definition) is 2. The maximum Gasteiger partial charge on any atom is 0.177 e. The molecule has 0 atom stereocenters. The average molecular weight is 224 g/mol. The van der Waals surface area contributed by atoms with Crippen LogP contribution in [0.3, 0.4) is 0 Å². The molecule has 0 radical (unpaired) electrons.